The first-order chi connectivity index (χ1) is 16.0. The number of ether oxygens (including phenoxy) is 1. The molecule has 3 amide bonds. The highest BCUT2D eigenvalue weighted by Crippen LogP contribution is 2.33. The fraction of sp³-hybridized carbons (Fsp3) is 0.231. The number of hydrogen-bond donors (Lipinski definition) is 0. The Hall–Kier alpha value is -4.00. The van der Waals surface area contributed by atoms with E-state index in [1.54, 1.807) is 23.1 Å². The molecule has 1 atom stereocenters. The molecule has 0 saturated carbocycles. The molecule has 3 aromatic rings. The van der Waals surface area contributed by atoms with Crippen molar-refractivity contribution in [2.45, 2.75) is 25.7 Å². The summed E-state index contributed by atoms with van der Waals surface area (Å²) in [5.74, 6) is -1.55. The first-order valence-electron chi connectivity index (χ1n) is 11.0. The van der Waals surface area contributed by atoms with Gasteiger partial charge in [-0.2, -0.15) is 0 Å². The molecule has 2 fully saturated rings. The molecule has 33 heavy (non-hydrogen) atoms. The van der Waals surface area contributed by atoms with Gasteiger partial charge in [-0.3, -0.25) is 24.1 Å². The van der Waals surface area contributed by atoms with Crippen LogP contribution in [0.2, 0.25) is 0 Å². The molecule has 0 bridgehead atoms. The molecule has 2 heterocycles. The monoisotopic (exact) mass is 442 g/mol. The maximum atomic E-state index is 12.9. The van der Waals surface area contributed by atoms with Gasteiger partial charge in [0, 0.05) is 37.3 Å². The summed E-state index contributed by atoms with van der Waals surface area (Å²) in [5.41, 5.74) is 1.16. The number of nitrogens with zero attached hydrogens (tertiary/aromatic N) is 2. The van der Waals surface area contributed by atoms with Gasteiger partial charge in [-0.1, -0.05) is 42.5 Å². The van der Waals surface area contributed by atoms with Crippen LogP contribution in [0.4, 0.5) is 11.4 Å². The average Bonchev–Trinajstić information content (AvgIpc) is 3.20. The molecule has 0 aliphatic carbocycles. The predicted molar refractivity (Wildman–Crippen MR) is 123 cm³/mol. The smallest absolute Gasteiger partial charge is 0.316 e. The van der Waals surface area contributed by atoms with Crippen molar-refractivity contribution in [1.82, 2.24) is 0 Å². The SMILES string of the molecule is O=C(Oc1cccc(N2C(=O)CCCC2=O)c1)[C@@H]1CC(=O)N(c2cccc3ccccc23)C1. The Labute approximate surface area is 190 Å². The molecule has 0 unspecified atom stereocenters. The van der Waals surface area contributed by atoms with Crippen molar-refractivity contribution in [2.24, 2.45) is 5.92 Å². The standard InChI is InChI=1S/C26H22N2O5/c29-23-12-5-13-24(30)28(23)19-8-4-9-20(15-19)33-26(32)18-14-25(31)27(16-18)22-11-3-7-17-6-1-2-10-21(17)22/h1-4,6-11,15,18H,5,12-14,16H2/t18-/m1/s1. The number of amides is 3. The molecule has 0 radical (unpaired) electrons. The van der Waals surface area contributed by atoms with E-state index in [2.05, 4.69) is 0 Å². The van der Waals surface area contributed by atoms with Gasteiger partial charge < -0.3 is 9.64 Å². The summed E-state index contributed by atoms with van der Waals surface area (Å²) in [6, 6.07) is 19.9. The van der Waals surface area contributed by atoms with Crippen LogP contribution in [0.15, 0.2) is 66.7 Å². The van der Waals surface area contributed by atoms with Gasteiger partial charge in [0.1, 0.15) is 5.75 Å². The van der Waals surface area contributed by atoms with Crippen LogP contribution in [0.3, 0.4) is 0 Å². The lowest BCUT2D eigenvalue weighted by Gasteiger charge is -2.25. The molecular weight excluding hydrogens is 420 g/mol. The van der Waals surface area contributed by atoms with Crippen molar-refractivity contribution in [1.29, 1.82) is 0 Å². The van der Waals surface area contributed by atoms with E-state index in [1.165, 1.54) is 6.07 Å². The van der Waals surface area contributed by atoms with E-state index < -0.39 is 11.9 Å². The van der Waals surface area contributed by atoms with Crippen molar-refractivity contribution >= 4 is 45.8 Å². The van der Waals surface area contributed by atoms with Crippen LogP contribution in [0.25, 0.3) is 10.8 Å². The highest BCUT2D eigenvalue weighted by molar-refractivity contribution is 6.16. The zero-order chi connectivity index (χ0) is 22.9. The van der Waals surface area contributed by atoms with E-state index in [0.717, 1.165) is 21.4 Å². The van der Waals surface area contributed by atoms with Crippen LogP contribution in [0.5, 0.6) is 5.75 Å². The summed E-state index contributed by atoms with van der Waals surface area (Å²) in [6.07, 6.45) is 1.23. The summed E-state index contributed by atoms with van der Waals surface area (Å²) in [5, 5.41) is 1.97. The van der Waals surface area contributed by atoms with Crippen LogP contribution in [-0.2, 0) is 19.2 Å². The molecule has 0 spiro atoms. The number of carbonyl (C=O) groups excluding carboxylic acids is 4. The minimum Gasteiger partial charge on any atom is -0.426 e. The minimum absolute atomic E-state index is 0.0604. The molecule has 5 rings (SSSR count). The summed E-state index contributed by atoms with van der Waals surface area (Å²) in [4.78, 5) is 52.8. The quantitative estimate of drug-likeness (QED) is 0.348. The minimum atomic E-state index is -0.613. The summed E-state index contributed by atoms with van der Waals surface area (Å²) >= 11 is 0. The van der Waals surface area contributed by atoms with E-state index in [9.17, 15) is 19.2 Å². The first-order valence-corrected chi connectivity index (χ1v) is 11.0. The topological polar surface area (TPSA) is 84.0 Å². The maximum absolute atomic E-state index is 12.9. The number of esters is 1. The molecule has 2 aliphatic heterocycles. The largest absolute Gasteiger partial charge is 0.426 e. The van der Waals surface area contributed by atoms with Gasteiger partial charge >= 0.3 is 5.97 Å². The number of carbonyl (C=O) groups is 4. The number of anilines is 2. The molecule has 7 nitrogen and oxygen atoms in total. The fourth-order valence-corrected chi connectivity index (χ4v) is 4.47. The molecule has 2 aliphatic rings. The molecular formula is C26H22N2O5. The fourth-order valence-electron chi connectivity index (χ4n) is 4.47. The third-order valence-electron chi connectivity index (χ3n) is 6.09. The number of imide groups is 1. The zero-order valence-corrected chi connectivity index (χ0v) is 17.9. The number of hydrogen-bond acceptors (Lipinski definition) is 5. The van der Waals surface area contributed by atoms with Crippen LogP contribution >= 0.6 is 0 Å². The molecule has 3 aromatic carbocycles. The second kappa shape index (κ2) is 8.50. The summed E-state index contributed by atoms with van der Waals surface area (Å²) in [7, 11) is 0. The molecule has 0 aromatic heterocycles. The maximum Gasteiger partial charge on any atom is 0.316 e. The molecule has 0 N–H and O–H groups in total. The van der Waals surface area contributed by atoms with Crippen molar-refractivity contribution in [3.05, 3.63) is 66.7 Å². The zero-order valence-electron chi connectivity index (χ0n) is 17.9. The van der Waals surface area contributed by atoms with Crippen molar-refractivity contribution in [2.75, 3.05) is 16.3 Å². The van der Waals surface area contributed by atoms with Crippen molar-refractivity contribution in [3.63, 3.8) is 0 Å². The van der Waals surface area contributed by atoms with Crippen molar-refractivity contribution < 1.29 is 23.9 Å². The average molecular weight is 442 g/mol. The van der Waals surface area contributed by atoms with Gasteiger partial charge in [0.15, 0.2) is 0 Å². The lowest BCUT2D eigenvalue weighted by atomic mass is 10.1. The van der Waals surface area contributed by atoms with Gasteiger partial charge in [0.05, 0.1) is 17.3 Å². The first kappa shape index (κ1) is 20.9. The van der Waals surface area contributed by atoms with E-state index in [1.807, 2.05) is 42.5 Å². The Morgan fingerprint density at radius 1 is 0.848 bits per heavy atom. The Bertz CT molecular complexity index is 1260. The highest BCUT2D eigenvalue weighted by Gasteiger charge is 2.37. The third-order valence-corrected chi connectivity index (χ3v) is 6.09. The predicted octanol–water partition coefficient (Wildman–Crippen LogP) is 3.84. The van der Waals surface area contributed by atoms with Crippen LogP contribution in [-0.4, -0.2) is 30.2 Å². The van der Waals surface area contributed by atoms with Gasteiger partial charge in [-0.05, 0) is 30.0 Å². The number of piperidine rings is 1. The second-order valence-electron chi connectivity index (χ2n) is 8.30. The lowest BCUT2D eigenvalue weighted by Crippen LogP contribution is -2.40. The summed E-state index contributed by atoms with van der Waals surface area (Å²) in [6.45, 7) is 0.231. The number of rotatable bonds is 4. The second-order valence-corrected chi connectivity index (χ2v) is 8.30. The van der Waals surface area contributed by atoms with E-state index in [0.29, 0.717) is 24.9 Å². The Balaban J connectivity index is 1.33. The molecule has 166 valence electrons. The number of fused-ring (bicyclic) bond motifs is 1. The highest BCUT2D eigenvalue weighted by atomic mass is 16.5. The van der Waals surface area contributed by atoms with E-state index in [4.69, 9.17) is 4.74 Å². The third kappa shape index (κ3) is 3.98. The van der Waals surface area contributed by atoms with Crippen LogP contribution in [0.1, 0.15) is 25.7 Å². The Morgan fingerprint density at radius 3 is 2.39 bits per heavy atom. The number of benzene rings is 3. The molecule has 2 saturated heterocycles. The van der Waals surface area contributed by atoms with Crippen molar-refractivity contribution in [3.8, 4) is 5.75 Å². The normalized spacial score (nSPS) is 18.8. The Morgan fingerprint density at radius 2 is 1.58 bits per heavy atom. The van der Waals surface area contributed by atoms with Gasteiger partial charge in [-0.25, -0.2) is 0 Å². The summed E-state index contributed by atoms with van der Waals surface area (Å²) < 4.78 is 5.55. The molecule has 7 heteroatoms. The Kier molecular flexibility index (Phi) is 5.38. The lowest BCUT2D eigenvalue weighted by molar-refractivity contribution is -0.139. The van der Waals surface area contributed by atoms with Crippen LogP contribution in [0, 0.1) is 5.92 Å². The van der Waals surface area contributed by atoms with E-state index in [-0.39, 0.29) is 36.4 Å². The van der Waals surface area contributed by atoms with Gasteiger partial charge in [-0.15, -0.1) is 0 Å². The van der Waals surface area contributed by atoms with Crippen LogP contribution < -0.4 is 14.5 Å². The van der Waals surface area contributed by atoms with Gasteiger partial charge in [0.25, 0.3) is 0 Å². The van der Waals surface area contributed by atoms with E-state index >= 15 is 0 Å². The van der Waals surface area contributed by atoms with Gasteiger partial charge in [0.2, 0.25) is 17.7 Å².